The van der Waals surface area contributed by atoms with Gasteiger partial charge in [-0.05, 0) is 34.6 Å². The Morgan fingerprint density at radius 2 is 1.56 bits per heavy atom. The summed E-state index contributed by atoms with van der Waals surface area (Å²) in [5.74, 6) is 0.315. The molecule has 3 rings (SSSR count). The van der Waals surface area contributed by atoms with Gasteiger partial charge < -0.3 is 14.7 Å². The van der Waals surface area contributed by atoms with E-state index in [9.17, 15) is 9.59 Å². The van der Waals surface area contributed by atoms with E-state index >= 15 is 0 Å². The van der Waals surface area contributed by atoms with Crippen LogP contribution < -0.4 is 0 Å². The van der Waals surface area contributed by atoms with Crippen LogP contribution in [0, 0.1) is 0 Å². The van der Waals surface area contributed by atoms with Crippen molar-refractivity contribution in [3.05, 3.63) is 20.8 Å². The molecule has 2 aliphatic heterocycles. The van der Waals surface area contributed by atoms with Crippen molar-refractivity contribution < 1.29 is 9.59 Å². The topological polar surface area (TPSA) is 47.1 Å². The highest BCUT2D eigenvalue weighted by molar-refractivity contribution is 9.11. The predicted octanol–water partition coefficient (Wildman–Crippen LogP) is 1.43. The molecule has 0 aromatic carbocycles. The van der Waals surface area contributed by atoms with Crippen LogP contribution in [0.25, 0.3) is 0 Å². The van der Waals surface area contributed by atoms with Gasteiger partial charge in [-0.3, -0.25) is 14.5 Å². The van der Waals surface area contributed by atoms with Crippen LogP contribution in [0.15, 0.2) is 15.9 Å². The van der Waals surface area contributed by atoms with Gasteiger partial charge in [-0.15, -0.1) is 11.3 Å². The standard InChI is InChI=1S/C17H25BrN4O2S/c1-2-19-5-9-21(10-6-19)16(23)13-20-7-11-22(12-8-20)17(24)14-3-4-15(18)25-14/h3-4H,2,5-13H2,1H3. The molecule has 6 nitrogen and oxygen atoms in total. The molecule has 1 aromatic heterocycles. The molecule has 1 aromatic rings. The minimum absolute atomic E-state index is 0.0948. The largest absolute Gasteiger partial charge is 0.339 e. The van der Waals surface area contributed by atoms with Crippen molar-refractivity contribution >= 4 is 39.1 Å². The van der Waals surface area contributed by atoms with Crippen LogP contribution >= 0.6 is 27.3 Å². The Bertz CT molecular complexity index is 608. The van der Waals surface area contributed by atoms with E-state index < -0.39 is 0 Å². The highest BCUT2D eigenvalue weighted by Crippen LogP contribution is 2.23. The first-order valence-corrected chi connectivity index (χ1v) is 10.4. The van der Waals surface area contributed by atoms with Crippen molar-refractivity contribution in [3.63, 3.8) is 0 Å². The van der Waals surface area contributed by atoms with Crippen LogP contribution in [-0.2, 0) is 4.79 Å². The van der Waals surface area contributed by atoms with E-state index in [1.807, 2.05) is 21.9 Å². The van der Waals surface area contributed by atoms with Crippen molar-refractivity contribution in [3.8, 4) is 0 Å². The SMILES string of the molecule is CCN1CCN(C(=O)CN2CCN(C(=O)c3ccc(Br)s3)CC2)CC1. The summed E-state index contributed by atoms with van der Waals surface area (Å²) in [5, 5.41) is 0. The Morgan fingerprint density at radius 1 is 0.960 bits per heavy atom. The van der Waals surface area contributed by atoms with Crippen molar-refractivity contribution in [2.45, 2.75) is 6.92 Å². The summed E-state index contributed by atoms with van der Waals surface area (Å²) < 4.78 is 0.975. The summed E-state index contributed by atoms with van der Waals surface area (Å²) in [5.41, 5.74) is 0. The number of halogens is 1. The first-order valence-electron chi connectivity index (χ1n) is 8.84. The maximum Gasteiger partial charge on any atom is 0.264 e. The third kappa shape index (κ3) is 4.81. The quantitative estimate of drug-likeness (QED) is 0.727. The molecule has 0 bridgehead atoms. The molecular weight excluding hydrogens is 404 g/mol. The Hall–Kier alpha value is -0.960. The fourth-order valence-corrected chi connectivity index (χ4v) is 4.65. The molecule has 0 saturated carbocycles. The molecule has 138 valence electrons. The van der Waals surface area contributed by atoms with Crippen molar-refractivity contribution in [1.29, 1.82) is 0 Å². The van der Waals surface area contributed by atoms with E-state index in [0.29, 0.717) is 19.6 Å². The van der Waals surface area contributed by atoms with Crippen molar-refractivity contribution in [2.24, 2.45) is 0 Å². The zero-order chi connectivity index (χ0) is 17.8. The van der Waals surface area contributed by atoms with E-state index in [0.717, 1.165) is 54.5 Å². The number of carbonyl (C=O) groups is 2. The number of hydrogen-bond donors (Lipinski definition) is 0. The van der Waals surface area contributed by atoms with Gasteiger partial charge in [0, 0.05) is 52.4 Å². The number of thiophene rings is 1. The predicted molar refractivity (Wildman–Crippen MR) is 103 cm³/mol. The third-order valence-electron chi connectivity index (χ3n) is 4.97. The molecule has 3 heterocycles. The van der Waals surface area contributed by atoms with Crippen LogP contribution in [0.5, 0.6) is 0 Å². The lowest BCUT2D eigenvalue weighted by Crippen LogP contribution is -2.54. The first kappa shape index (κ1) is 18.8. The Kier molecular flexibility index (Phi) is 6.49. The molecule has 0 aliphatic carbocycles. The number of carbonyl (C=O) groups excluding carboxylic acids is 2. The Balaban J connectivity index is 1.43. The van der Waals surface area contributed by atoms with Crippen molar-refractivity contribution in [1.82, 2.24) is 19.6 Å². The van der Waals surface area contributed by atoms with Gasteiger partial charge in [-0.2, -0.15) is 0 Å². The number of piperazine rings is 2. The van der Waals surface area contributed by atoms with Gasteiger partial charge in [-0.25, -0.2) is 0 Å². The number of amides is 2. The zero-order valence-electron chi connectivity index (χ0n) is 14.6. The Morgan fingerprint density at radius 3 is 2.12 bits per heavy atom. The summed E-state index contributed by atoms with van der Waals surface area (Å²) in [6, 6.07) is 3.77. The van der Waals surface area contributed by atoms with Gasteiger partial charge in [0.05, 0.1) is 15.2 Å². The van der Waals surface area contributed by atoms with E-state index in [2.05, 4.69) is 32.7 Å². The number of likely N-dealkylation sites (N-methyl/N-ethyl adjacent to an activating group) is 1. The molecule has 0 spiro atoms. The van der Waals surface area contributed by atoms with E-state index in [1.165, 1.54) is 11.3 Å². The molecule has 0 atom stereocenters. The number of nitrogens with zero attached hydrogens (tertiary/aromatic N) is 4. The number of rotatable bonds is 4. The van der Waals surface area contributed by atoms with Gasteiger partial charge in [0.15, 0.2) is 0 Å². The highest BCUT2D eigenvalue weighted by Gasteiger charge is 2.26. The second kappa shape index (κ2) is 8.62. The molecule has 25 heavy (non-hydrogen) atoms. The van der Waals surface area contributed by atoms with E-state index in [-0.39, 0.29) is 11.8 Å². The summed E-state index contributed by atoms with van der Waals surface area (Å²) in [6.07, 6.45) is 0. The average molecular weight is 429 g/mol. The molecule has 8 heteroatoms. The van der Waals surface area contributed by atoms with Crippen LogP contribution in [-0.4, -0.2) is 96.9 Å². The monoisotopic (exact) mass is 428 g/mol. The molecule has 2 aliphatic rings. The molecule has 0 radical (unpaired) electrons. The summed E-state index contributed by atoms with van der Waals surface area (Å²) in [6.45, 7) is 10.2. The molecule has 2 amide bonds. The van der Waals surface area contributed by atoms with Gasteiger partial charge >= 0.3 is 0 Å². The van der Waals surface area contributed by atoms with Gasteiger partial charge in [0.1, 0.15) is 0 Å². The maximum absolute atomic E-state index is 12.5. The van der Waals surface area contributed by atoms with Crippen LogP contribution in [0.2, 0.25) is 0 Å². The minimum Gasteiger partial charge on any atom is -0.339 e. The van der Waals surface area contributed by atoms with E-state index in [1.54, 1.807) is 0 Å². The fraction of sp³-hybridized carbons (Fsp3) is 0.647. The lowest BCUT2D eigenvalue weighted by molar-refractivity contribution is -0.134. The van der Waals surface area contributed by atoms with Crippen LogP contribution in [0.4, 0.5) is 0 Å². The second-order valence-electron chi connectivity index (χ2n) is 6.49. The lowest BCUT2D eigenvalue weighted by Gasteiger charge is -2.37. The zero-order valence-corrected chi connectivity index (χ0v) is 17.0. The molecule has 2 saturated heterocycles. The average Bonchev–Trinajstić information content (AvgIpc) is 3.08. The summed E-state index contributed by atoms with van der Waals surface area (Å²) in [7, 11) is 0. The Labute approximate surface area is 161 Å². The van der Waals surface area contributed by atoms with Crippen LogP contribution in [0.1, 0.15) is 16.6 Å². The lowest BCUT2D eigenvalue weighted by atomic mass is 10.2. The van der Waals surface area contributed by atoms with E-state index in [4.69, 9.17) is 0 Å². The van der Waals surface area contributed by atoms with Crippen molar-refractivity contribution in [2.75, 3.05) is 65.4 Å². The van der Waals surface area contributed by atoms with Gasteiger partial charge in [0.25, 0.3) is 5.91 Å². The molecule has 0 N–H and O–H groups in total. The normalized spacial score (nSPS) is 20.1. The highest BCUT2D eigenvalue weighted by atomic mass is 79.9. The number of hydrogen-bond acceptors (Lipinski definition) is 5. The fourth-order valence-electron chi connectivity index (χ4n) is 3.30. The van der Waals surface area contributed by atoms with Gasteiger partial charge in [-0.1, -0.05) is 6.92 Å². The summed E-state index contributed by atoms with van der Waals surface area (Å²) in [4.78, 5) is 34.1. The third-order valence-corrected chi connectivity index (χ3v) is 6.59. The first-order chi connectivity index (χ1) is 12.1. The molecule has 0 unspecified atom stereocenters. The second-order valence-corrected chi connectivity index (χ2v) is 8.95. The van der Waals surface area contributed by atoms with Gasteiger partial charge in [0.2, 0.25) is 5.91 Å². The maximum atomic E-state index is 12.5. The smallest absolute Gasteiger partial charge is 0.264 e. The van der Waals surface area contributed by atoms with Crippen LogP contribution in [0.3, 0.4) is 0 Å². The molecular formula is C17H25BrN4O2S. The minimum atomic E-state index is 0.0948. The molecule has 2 fully saturated rings. The summed E-state index contributed by atoms with van der Waals surface area (Å²) >= 11 is 4.87.